The summed E-state index contributed by atoms with van der Waals surface area (Å²) >= 11 is 0. The number of aliphatic imine (C=N–C) groups is 1. The highest BCUT2D eigenvalue weighted by Gasteiger charge is 2.23. The lowest BCUT2D eigenvalue weighted by atomic mass is 10.1. The van der Waals surface area contributed by atoms with Crippen LogP contribution >= 0.6 is 24.0 Å². The lowest BCUT2D eigenvalue weighted by molar-refractivity contribution is 0.245. The molecule has 1 aliphatic heterocycles. The maximum atomic E-state index is 5.67. The molecule has 1 atom stereocenters. The zero-order valence-electron chi connectivity index (χ0n) is 17.7. The van der Waals surface area contributed by atoms with Crippen molar-refractivity contribution in [2.24, 2.45) is 4.99 Å². The first-order chi connectivity index (χ1) is 14.3. The van der Waals surface area contributed by atoms with Crippen LogP contribution in [0.3, 0.4) is 0 Å². The van der Waals surface area contributed by atoms with Crippen LogP contribution < -0.4 is 20.1 Å². The Bertz CT molecular complexity index is 752. The van der Waals surface area contributed by atoms with Crippen LogP contribution in [-0.4, -0.2) is 62.8 Å². The van der Waals surface area contributed by atoms with E-state index in [-0.39, 0.29) is 24.0 Å². The molecule has 0 amide bonds. The molecule has 1 aromatic carbocycles. The topological polar surface area (TPSA) is 71.0 Å². The molecule has 0 radical (unpaired) electrons. The number of nitrogens with one attached hydrogen (secondary N) is 2. The largest absolute Gasteiger partial charge is 0.497 e. The zero-order chi connectivity index (χ0) is 20.3. The van der Waals surface area contributed by atoms with Crippen LogP contribution in [0.1, 0.15) is 24.4 Å². The van der Waals surface area contributed by atoms with E-state index in [1.165, 1.54) is 18.4 Å². The second kappa shape index (κ2) is 13.3. The highest BCUT2D eigenvalue weighted by Crippen LogP contribution is 2.26. The van der Waals surface area contributed by atoms with E-state index < -0.39 is 0 Å². The Labute approximate surface area is 196 Å². The van der Waals surface area contributed by atoms with Crippen LogP contribution in [0.5, 0.6) is 11.5 Å². The molecule has 0 bridgehead atoms. The van der Waals surface area contributed by atoms with Crippen molar-refractivity contribution in [2.45, 2.75) is 18.9 Å². The molecule has 0 saturated carbocycles. The summed E-state index contributed by atoms with van der Waals surface area (Å²) < 4.78 is 11.0. The van der Waals surface area contributed by atoms with Gasteiger partial charge in [0.05, 0.1) is 25.9 Å². The number of pyridine rings is 1. The van der Waals surface area contributed by atoms with Gasteiger partial charge in [-0.2, -0.15) is 0 Å². The SMILES string of the molecule is CN=C(NCCOc1cccnc1)NCC(c1ccc(OC)cc1)N1CCCC1.I. The molecule has 1 saturated heterocycles. The van der Waals surface area contributed by atoms with Crippen molar-refractivity contribution in [1.29, 1.82) is 0 Å². The molecular weight excluding hydrogens is 493 g/mol. The summed E-state index contributed by atoms with van der Waals surface area (Å²) in [5, 5.41) is 6.78. The summed E-state index contributed by atoms with van der Waals surface area (Å²) in [6.07, 6.45) is 5.95. The molecule has 8 heteroatoms. The second-order valence-electron chi connectivity index (χ2n) is 6.95. The fourth-order valence-electron chi connectivity index (χ4n) is 3.52. The molecule has 2 N–H and O–H groups in total. The normalized spacial score (nSPS) is 15.2. The summed E-state index contributed by atoms with van der Waals surface area (Å²) in [5.41, 5.74) is 1.29. The summed E-state index contributed by atoms with van der Waals surface area (Å²) in [6.45, 7) is 4.24. The van der Waals surface area contributed by atoms with E-state index in [1.54, 1.807) is 26.6 Å². The van der Waals surface area contributed by atoms with Crippen LogP contribution in [0.15, 0.2) is 53.8 Å². The van der Waals surface area contributed by atoms with Crippen molar-refractivity contribution in [2.75, 3.05) is 46.9 Å². The van der Waals surface area contributed by atoms with Gasteiger partial charge in [-0.15, -0.1) is 24.0 Å². The lowest BCUT2D eigenvalue weighted by Gasteiger charge is -2.29. The fraction of sp³-hybridized carbons (Fsp3) is 0.455. The lowest BCUT2D eigenvalue weighted by Crippen LogP contribution is -2.43. The van der Waals surface area contributed by atoms with E-state index in [9.17, 15) is 0 Å². The first-order valence-corrected chi connectivity index (χ1v) is 10.2. The standard InChI is InChI=1S/C22H31N5O2.HI/c1-23-22(25-12-15-29-20-6-5-11-24-16-20)26-17-21(27-13-3-4-14-27)18-7-9-19(28-2)10-8-18;/h5-11,16,21H,3-4,12-15,17H2,1-2H3,(H2,23,25,26);1H. The van der Waals surface area contributed by atoms with Gasteiger partial charge in [0.1, 0.15) is 18.1 Å². The van der Waals surface area contributed by atoms with Crippen molar-refractivity contribution in [3.8, 4) is 11.5 Å². The van der Waals surface area contributed by atoms with Gasteiger partial charge >= 0.3 is 0 Å². The van der Waals surface area contributed by atoms with Gasteiger partial charge in [0.25, 0.3) is 0 Å². The van der Waals surface area contributed by atoms with Gasteiger partial charge in [-0.1, -0.05) is 12.1 Å². The van der Waals surface area contributed by atoms with Crippen LogP contribution in [0.25, 0.3) is 0 Å². The third-order valence-electron chi connectivity index (χ3n) is 5.07. The summed E-state index contributed by atoms with van der Waals surface area (Å²) in [7, 11) is 3.48. The van der Waals surface area contributed by atoms with E-state index in [0.717, 1.165) is 37.1 Å². The van der Waals surface area contributed by atoms with E-state index >= 15 is 0 Å². The van der Waals surface area contributed by atoms with Gasteiger partial charge < -0.3 is 20.1 Å². The van der Waals surface area contributed by atoms with Gasteiger partial charge in [0, 0.05) is 19.8 Å². The Morgan fingerprint density at radius 1 is 1.13 bits per heavy atom. The minimum atomic E-state index is 0. The molecule has 2 aromatic rings. The summed E-state index contributed by atoms with van der Waals surface area (Å²) in [4.78, 5) is 10.9. The third kappa shape index (κ3) is 7.32. The minimum Gasteiger partial charge on any atom is -0.497 e. The van der Waals surface area contributed by atoms with E-state index in [4.69, 9.17) is 9.47 Å². The Hall–Kier alpha value is -2.07. The number of hydrogen-bond donors (Lipinski definition) is 2. The number of hydrogen-bond acceptors (Lipinski definition) is 5. The maximum absolute atomic E-state index is 5.67. The average Bonchev–Trinajstić information content (AvgIpc) is 3.31. The van der Waals surface area contributed by atoms with Gasteiger partial charge in [-0.05, 0) is 55.8 Å². The molecule has 3 rings (SSSR count). The van der Waals surface area contributed by atoms with Gasteiger partial charge in [0.15, 0.2) is 5.96 Å². The predicted octanol–water partition coefficient (Wildman–Crippen LogP) is 3.09. The number of methoxy groups -OCH3 is 1. The molecule has 1 aliphatic rings. The molecule has 1 fully saturated rings. The number of nitrogens with zero attached hydrogens (tertiary/aromatic N) is 3. The van der Waals surface area contributed by atoms with E-state index in [2.05, 4.69) is 37.6 Å². The number of ether oxygens (including phenoxy) is 2. The Kier molecular flexibility index (Phi) is 10.7. The monoisotopic (exact) mass is 525 g/mol. The van der Waals surface area contributed by atoms with E-state index in [1.807, 2.05) is 24.3 Å². The van der Waals surface area contributed by atoms with Crippen molar-refractivity contribution in [3.63, 3.8) is 0 Å². The molecule has 0 spiro atoms. The molecule has 7 nitrogen and oxygen atoms in total. The number of halogens is 1. The highest BCUT2D eigenvalue weighted by atomic mass is 127. The quantitative estimate of drug-likeness (QED) is 0.227. The van der Waals surface area contributed by atoms with Crippen molar-refractivity contribution in [1.82, 2.24) is 20.5 Å². The first kappa shape index (κ1) is 24.2. The van der Waals surface area contributed by atoms with Crippen LogP contribution in [0.4, 0.5) is 0 Å². The number of rotatable bonds is 9. The maximum Gasteiger partial charge on any atom is 0.191 e. The fourth-order valence-corrected chi connectivity index (χ4v) is 3.52. The van der Waals surface area contributed by atoms with E-state index in [0.29, 0.717) is 19.2 Å². The molecule has 30 heavy (non-hydrogen) atoms. The molecular formula is C22H32IN5O2. The van der Waals surface area contributed by atoms with Crippen molar-refractivity contribution >= 4 is 29.9 Å². The minimum absolute atomic E-state index is 0. The summed E-state index contributed by atoms with van der Waals surface area (Å²) in [6, 6.07) is 12.4. The molecule has 2 heterocycles. The second-order valence-corrected chi connectivity index (χ2v) is 6.95. The van der Waals surface area contributed by atoms with Crippen LogP contribution in [-0.2, 0) is 0 Å². The molecule has 164 valence electrons. The van der Waals surface area contributed by atoms with Gasteiger partial charge in [0.2, 0.25) is 0 Å². The van der Waals surface area contributed by atoms with Crippen LogP contribution in [0.2, 0.25) is 0 Å². The van der Waals surface area contributed by atoms with Gasteiger partial charge in [-0.25, -0.2) is 0 Å². The van der Waals surface area contributed by atoms with Gasteiger partial charge in [-0.3, -0.25) is 14.9 Å². The predicted molar refractivity (Wildman–Crippen MR) is 131 cm³/mol. The molecule has 1 unspecified atom stereocenters. The molecule has 0 aliphatic carbocycles. The Morgan fingerprint density at radius 2 is 1.90 bits per heavy atom. The van der Waals surface area contributed by atoms with Crippen molar-refractivity contribution < 1.29 is 9.47 Å². The molecule has 1 aromatic heterocycles. The number of benzene rings is 1. The smallest absolute Gasteiger partial charge is 0.191 e. The third-order valence-corrected chi connectivity index (χ3v) is 5.07. The van der Waals surface area contributed by atoms with Crippen LogP contribution in [0, 0.1) is 0 Å². The average molecular weight is 525 g/mol. The van der Waals surface area contributed by atoms with Crippen molar-refractivity contribution in [3.05, 3.63) is 54.4 Å². The Morgan fingerprint density at radius 3 is 2.53 bits per heavy atom. The summed E-state index contributed by atoms with van der Waals surface area (Å²) in [5.74, 6) is 2.43. The number of likely N-dealkylation sites (tertiary alicyclic amines) is 1. The number of aromatic nitrogens is 1. The highest BCUT2D eigenvalue weighted by molar-refractivity contribution is 14.0. The first-order valence-electron chi connectivity index (χ1n) is 10.2. The zero-order valence-corrected chi connectivity index (χ0v) is 20.0. The number of guanidine groups is 1. The Balaban J connectivity index is 0.00000320.